The Bertz CT molecular complexity index is 677. The smallest absolute Gasteiger partial charge is 0.192 e. The molecule has 0 fully saturated rings. The van der Waals surface area contributed by atoms with Gasteiger partial charge in [0.1, 0.15) is 6.07 Å². The maximum Gasteiger partial charge on any atom is 0.416 e. The van der Waals surface area contributed by atoms with Crippen molar-refractivity contribution in [2.75, 3.05) is 0 Å². The van der Waals surface area contributed by atoms with Crippen molar-refractivity contribution in [1.29, 1.82) is 5.26 Å². The minimum absolute atomic E-state index is 0.00944. The van der Waals surface area contributed by atoms with Gasteiger partial charge in [-0.05, 0) is 36.4 Å². The predicted molar refractivity (Wildman–Crippen MR) is 71.7 cm³/mol. The largest absolute Gasteiger partial charge is 0.416 e. The van der Waals surface area contributed by atoms with Gasteiger partial charge >= 0.3 is 6.18 Å². The van der Waals surface area contributed by atoms with Crippen molar-refractivity contribution in [2.45, 2.75) is 16.0 Å². The van der Waals surface area contributed by atoms with Crippen LogP contribution in [0.3, 0.4) is 0 Å². The van der Waals surface area contributed by atoms with Crippen LogP contribution in [0.1, 0.15) is 11.1 Å². The molecule has 6 heteroatoms. The fourth-order valence-corrected chi connectivity index (χ4v) is 2.73. The number of nitriles is 1. The molecule has 0 amide bonds. The standard InChI is InChI=1S/C14H7ClF3NS/c15-11-2-1-3-12(7-11)20-13-5-4-10(14(16,17)18)6-9(13)8-19/h1-7H. The van der Waals surface area contributed by atoms with Gasteiger partial charge < -0.3 is 0 Å². The van der Waals surface area contributed by atoms with Crippen molar-refractivity contribution in [3.05, 3.63) is 58.6 Å². The van der Waals surface area contributed by atoms with Crippen molar-refractivity contribution < 1.29 is 13.2 Å². The second kappa shape index (κ2) is 5.78. The van der Waals surface area contributed by atoms with E-state index in [0.29, 0.717) is 9.92 Å². The summed E-state index contributed by atoms with van der Waals surface area (Å²) < 4.78 is 37.7. The Morgan fingerprint density at radius 3 is 2.45 bits per heavy atom. The molecule has 0 N–H and O–H groups in total. The van der Waals surface area contributed by atoms with E-state index in [-0.39, 0.29) is 5.56 Å². The molecule has 0 radical (unpaired) electrons. The molecule has 0 aliphatic carbocycles. The fourth-order valence-electron chi connectivity index (χ4n) is 1.54. The Kier molecular flexibility index (Phi) is 4.26. The molecule has 0 bridgehead atoms. The van der Waals surface area contributed by atoms with Crippen LogP contribution in [0.15, 0.2) is 52.3 Å². The summed E-state index contributed by atoms with van der Waals surface area (Å²) in [5, 5.41) is 9.51. The van der Waals surface area contributed by atoms with E-state index in [1.807, 2.05) is 0 Å². The average Bonchev–Trinajstić information content (AvgIpc) is 2.38. The van der Waals surface area contributed by atoms with Crippen LogP contribution >= 0.6 is 23.4 Å². The van der Waals surface area contributed by atoms with Gasteiger partial charge in [0, 0.05) is 14.8 Å². The Morgan fingerprint density at radius 2 is 1.85 bits per heavy atom. The zero-order valence-corrected chi connectivity index (χ0v) is 11.5. The number of halogens is 4. The molecule has 2 aromatic rings. The predicted octanol–water partition coefficient (Wildman–Crippen LogP) is 5.38. The lowest BCUT2D eigenvalue weighted by Gasteiger charge is -2.09. The molecule has 1 nitrogen and oxygen atoms in total. The maximum absolute atomic E-state index is 12.6. The van der Waals surface area contributed by atoms with E-state index in [9.17, 15) is 13.2 Å². The number of benzene rings is 2. The van der Waals surface area contributed by atoms with E-state index in [2.05, 4.69) is 0 Å². The molecule has 0 saturated heterocycles. The van der Waals surface area contributed by atoms with Gasteiger partial charge in [-0.2, -0.15) is 18.4 Å². The van der Waals surface area contributed by atoms with Crippen LogP contribution in [0.25, 0.3) is 0 Å². The lowest BCUT2D eigenvalue weighted by molar-refractivity contribution is -0.137. The van der Waals surface area contributed by atoms with E-state index in [0.717, 1.165) is 17.0 Å². The Labute approximate surface area is 123 Å². The summed E-state index contributed by atoms with van der Waals surface area (Å²) in [6.45, 7) is 0. The van der Waals surface area contributed by atoms with E-state index in [4.69, 9.17) is 16.9 Å². The summed E-state index contributed by atoms with van der Waals surface area (Å²) in [5.74, 6) is 0. The van der Waals surface area contributed by atoms with Gasteiger partial charge in [-0.15, -0.1) is 0 Å². The van der Waals surface area contributed by atoms with E-state index in [1.54, 1.807) is 30.3 Å². The second-order valence-corrected chi connectivity index (χ2v) is 5.43. The van der Waals surface area contributed by atoms with Gasteiger partial charge in [-0.25, -0.2) is 0 Å². The third-order valence-electron chi connectivity index (χ3n) is 2.45. The molecule has 0 aromatic heterocycles. The van der Waals surface area contributed by atoms with Gasteiger partial charge in [0.25, 0.3) is 0 Å². The van der Waals surface area contributed by atoms with E-state index >= 15 is 0 Å². The molecule has 0 aliphatic heterocycles. The van der Waals surface area contributed by atoms with Gasteiger partial charge in [-0.3, -0.25) is 0 Å². The summed E-state index contributed by atoms with van der Waals surface area (Å²) in [7, 11) is 0. The molecule has 102 valence electrons. The van der Waals surface area contributed by atoms with Crippen LogP contribution in [-0.4, -0.2) is 0 Å². The maximum atomic E-state index is 12.6. The minimum atomic E-state index is -4.45. The quantitative estimate of drug-likeness (QED) is 0.743. The highest BCUT2D eigenvalue weighted by atomic mass is 35.5. The van der Waals surface area contributed by atoms with E-state index in [1.165, 1.54) is 17.8 Å². The van der Waals surface area contributed by atoms with Crippen LogP contribution < -0.4 is 0 Å². The monoisotopic (exact) mass is 313 g/mol. The Balaban J connectivity index is 2.36. The van der Waals surface area contributed by atoms with Crippen LogP contribution in [0.5, 0.6) is 0 Å². The summed E-state index contributed by atoms with van der Waals surface area (Å²) in [6, 6.07) is 11.8. The van der Waals surface area contributed by atoms with Crippen LogP contribution in [0.2, 0.25) is 5.02 Å². The lowest BCUT2D eigenvalue weighted by Crippen LogP contribution is -2.05. The van der Waals surface area contributed by atoms with Crippen LogP contribution in [0.4, 0.5) is 13.2 Å². The summed E-state index contributed by atoms with van der Waals surface area (Å²) >= 11 is 7.04. The average molecular weight is 314 g/mol. The first-order chi connectivity index (χ1) is 9.40. The second-order valence-electron chi connectivity index (χ2n) is 3.88. The molecule has 0 saturated carbocycles. The normalized spacial score (nSPS) is 11.2. The molecule has 0 aliphatic rings. The third kappa shape index (κ3) is 3.47. The Morgan fingerprint density at radius 1 is 1.10 bits per heavy atom. The number of rotatable bonds is 2. The molecule has 0 unspecified atom stereocenters. The first-order valence-electron chi connectivity index (χ1n) is 5.45. The first kappa shape index (κ1) is 14.8. The highest BCUT2D eigenvalue weighted by molar-refractivity contribution is 7.99. The third-order valence-corrected chi connectivity index (χ3v) is 3.75. The lowest BCUT2D eigenvalue weighted by atomic mass is 10.1. The van der Waals surface area contributed by atoms with Gasteiger partial charge in [0.05, 0.1) is 11.1 Å². The van der Waals surface area contributed by atoms with Crippen molar-refractivity contribution in [3.63, 3.8) is 0 Å². The molecular formula is C14H7ClF3NS. The molecule has 0 atom stereocenters. The van der Waals surface area contributed by atoms with Crippen LogP contribution in [-0.2, 0) is 6.18 Å². The fraction of sp³-hybridized carbons (Fsp3) is 0.0714. The first-order valence-corrected chi connectivity index (χ1v) is 6.64. The summed E-state index contributed by atoms with van der Waals surface area (Å²) in [4.78, 5) is 1.22. The molecule has 20 heavy (non-hydrogen) atoms. The van der Waals surface area contributed by atoms with Gasteiger partial charge in [0.2, 0.25) is 0 Å². The molecule has 2 aromatic carbocycles. The SMILES string of the molecule is N#Cc1cc(C(F)(F)F)ccc1Sc1cccc(Cl)c1. The molecule has 0 spiro atoms. The van der Waals surface area contributed by atoms with Crippen molar-refractivity contribution in [3.8, 4) is 6.07 Å². The minimum Gasteiger partial charge on any atom is -0.192 e. The number of alkyl halides is 3. The van der Waals surface area contributed by atoms with Gasteiger partial charge in [0.15, 0.2) is 0 Å². The van der Waals surface area contributed by atoms with Gasteiger partial charge in [-0.1, -0.05) is 29.4 Å². The molecular weight excluding hydrogens is 307 g/mol. The topological polar surface area (TPSA) is 23.8 Å². The van der Waals surface area contributed by atoms with Crippen LogP contribution in [0, 0.1) is 11.3 Å². The van der Waals surface area contributed by atoms with Crippen molar-refractivity contribution in [2.24, 2.45) is 0 Å². The summed E-state index contributed by atoms with van der Waals surface area (Å²) in [5.41, 5.74) is -0.839. The van der Waals surface area contributed by atoms with Crippen molar-refractivity contribution in [1.82, 2.24) is 0 Å². The Hall–Kier alpha value is -1.64. The zero-order chi connectivity index (χ0) is 14.8. The van der Waals surface area contributed by atoms with E-state index < -0.39 is 11.7 Å². The molecule has 2 rings (SSSR count). The number of nitrogens with zero attached hydrogens (tertiary/aromatic N) is 1. The highest BCUT2D eigenvalue weighted by Crippen LogP contribution is 2.36. The number of hydrogen-bond acceptors (Lipinski definition) is 2. The molecule has 0 heterocycles. The zero-order valence-electron chi connectivity index (χ0n) is 9.91. The van der Waals surface area contributed by atoms with Crippen molar-refractivity contribution >= 4 is 23.4 Å². The summed E-state index contributed by atoms with van der Waals surface area (Å²) in [6.07, 6.45) is -4.45. The highest BCUT2D eigenvalue weighted by Gasteiger charge is 2.31. The number of hydrogen-bond donors (Lipinski definition) is 0.